The van der Waals surface area contributed by atoms with Crippen molar-refractivity contribution in [1.82, 2.24) is 0 Å². The lowest BCUT2D eigenvalue weighted by Crippen LogP contribution is -2.77. The maximum atomic E-state index is 13.2. The summed E-state index contributed by atoms with van der Waals surface area (Å²) in [6.45, 7) is 6.78. The predicted molar refractivity (Wildman–Crippen MR) is 101 cm³/mol. The van der Waals surface area contributed by atoms with Crippen molar-refractivity contribution in [1.29, 1.82) is 0 Å². The zero-order valence-corrected chi connectivity index (χ0v) is 16.3. The van der Waals surface area contributed by atoms with Gasteiger partial charge in [-0.25, -0.2) is 4.79 Å². The van der Waals surface area contributed by atoms with Crippen LogP contribution in [0.1, 0.15) is 51.5 Å². The second kappa shape index (κ2) is 4.52. The number of para-hydroxylation sites is 1. The first-order valence-electron chi connectivity index (χ1n) is 10.6. The highest BCUT2D eigenvalue weighted by Crippen LogP contribution is 2.82. The Kier molecular flexibility index (Phi) is 2.74. The average molecular weight is 369 g/mol. The molecule has 5 nitrogen and oxygen atoms in total. The molecular weight excluding hydrogens is 340 g/mol. The largest absolute Gasteiger partial charge is 0.476 e. The molecular formula is C22H29N2O3+. The van der Waals surface area contributed by atoms with Crippen LogP contribution in [0.5, 0.6) is 0 Å². The summed E-state index contributed by atoms with van der Waals surface area (Å²) in [7, 11) is 0. The van der Waals surface area contributed by atoms with E-state index in [4.69, 9.17) is 4.74 Å². The number of nitrogens with one attached hydrogen (secondary N) is 1. The Balaban J connectivity index is 1.75. The maximum absolute atomic E-state index is 13.2. The van der Waals surface area contributed by atoms with Crippen molar-refractivity contribution in [3.05, 3.63) is 29.8 Å². The third-order valence-corrected chi connectivity index (χ3v) is 9.39. The molecule has 6 rings (SSSR count). The highest BCUT2D eigenvalue weighted by molar-refractivity contribution is 5.86. The number of hydrogen-bond acceptors (Lipinski definition) is 3. The Bertz CT molecular complexity index is 873. The first kappa shape index (κ1) is 16.4. The molecule has 4 fully saturated rings. The van der Waals surface area contributed by atoms with Gasteiger partial charge in [-0.1, -0.05) is 25.1 Å². The SMILES string of the molecule is CCO[C@@]12Nc3ccccc3[C@@]13CC[N+]14CCC[C@@](CC)(C[C@@]21C(=O)O)[C@@H]34. The van der Waals surface area contributed by atoms with Crippen LogP contribution < -0.4 is 5.32 Å². The number of ether oxygens (including phenoxy) is 1. The number of quaternary nitrogens is 1. The molecule has 5 heterocycles. The van der Waals surface area contributed by atoms with Gasteiger partial charge in [0.25, 0.3) is 0 Å². The molecule has 5 aliphatic rings. The minimum Gasteiger partial charge on any atom is -0.476 e. The zero-order chi connectivity index (χ0) is 18.7. The molecule has 5 heteroatoms. The van der Waals surface area contributed by atoms with E-state index in [1.807, 2.05) is 6.92 Å². The van der Waals surface area contributed by atoms with Crippen LogP contribution in [0.15, 0.2) is 24.3 Å². The van der Waals surface area contributed by atoms with Gasteiger partial charge in [-0.3, -0.25) is 0 Å². The van der Waals surface area contributed by atoms with Crippen LogP contribution in [0.3, 0.4) is 0 Å². The lowest BCUT2D eigenvalue weighted by atomic mass is 9.50. The van der Waals surface area contributed by atoms with E-state index in [0.29, 0.717) is 12.6 Å². The molecule has 0 saturated carbocycles. The van der Waals surface area contributed by atoms with Gasteiger partial charge in [0.1, 0.15) is 11.5 Å². The van der Waals surface area contributed by atoms with Gasteiger partial charge in [0.05, 0.1) is 13.1 Å². The molecule has 0 aromatic heterocycles. The molecule has 1 unspecified atom stereocenters. The van der Waals surface area contributed by atoms with Gasteiger partial charge < -0.3 is 19.6 Å². The van der Waals surface area contributed by atoms with Crippen molar-refractivity contribution in [2.45, 2.75) is 68.7 Å². The third-order valence-electron chi connectivity index (χ3n) is 9.39. The summed E-state index contributed by atoms with van der Waals surface area (Å²) < 4.78 is 7.35. The molecule has 5 aliphatic heterocycles. The lowest BCUT2D eigenvalue weighted by Gasteiger charge is -2.53. The van der Waals surface area contributed by atoms with E-state index in [2.05, 4.69) is 36.5 Å². The van der Waals surface area contributed by atoms with E-state index in [1.54, 1.807) is 0 Å². The van der Waals surface area contributed by atoms with E-state index < -0.39 is 17.2 Å². The smallest absolute Gasteiger partial charge is 0.371 e. The summed E-state index contributed by atoms with van der Waals surface area (Å²) in [6, 6.07) is 8.87. The fraction of sp³-hybridized carbons (Fsp3) is 0.682. The van der Waals surface area contributed by atoms with Gasteiger partial charge in [-0.05, 0) is 37.8 Å². The number of anilines is 1. The number of rotatable bonds is 4. The van der Waals surface area contributed by atoms with E-state index in [9.17, 15) is 9.90 Å². The van der Waals surface area contributed by atoms with Gasteiger partial charge >= 0.3 is 5.97 Å². The molecule has 1 spiro atoms. The Labute approximate surface area is 160 Å². The Morgan fingerprint density at radius 2 is 2.11 bits per heavy atom. The van der Waals surface area contributed by atoms with E-state index in [1.165, 1.54) is 5.56 Å². The normalized spacial score (nSPS) is 50.4. The molecule has 2 N–H and O–H groups in total. The minimum absolute atomic E-state index is 0.118. The van der Waals surface area contributed by atoms with Crippen molar-refractivity contribution in [2.75, 3.05) is 25.0 Å². The first-order valence-corrected chi connectivity index (χ1v) is 10.6. The summed E-state index contributed by atoms with van der Waals surface area (Å²) >= 11 is 0. The molecule has 5 bridgehead atoms. The fourth-order valence-electron chi connectivity index (χ4n) is 9.10. The van der Waals surface area contributed by atoms with Crippen LogP contribution in [-0.4, -0.2) is 52.6 Å². The Morgan fingerprint density at radius 1 is 1.30 bits per heavy atom. The average Bonchev–Trinajstić information content (AvgIpc) is 3.26. The minimum atomic E-state index is -0.891. The predicted octanol–water partition coefficient (Wildman–Crippen LogP) is 3.10. The van der Waals surface area contributed by atoms with Gasteiger partial charge in [-0.2, -0.15) is 0 Å². The van der Waals surface area contributed by atoms with Crippen LogP contribution >= 0.6 is 0 Å². The van der Waals surface area contributed by atoms with E-state index in [0.717, 1.165) is 55.4 Å². The van der Waals surface area contributed by atoms with Crippen molar-refractivity contribution in [2.24, 2.45) is 5.41 Å². The second-order valence-corrected chi connectivity index (χ2v) is 9.55. The molecule has 1 aromatic rings. The van der Waals surface area contributed by atoms with Crippen LogP contribution in [0.25, 0.3) is 0 Å². The highest BCUT2D eigenvalue weighted by Gasteiger charge is 2.99. The summed E-state index contributed by atoms with van der Waals surface area (Å²) in [5, 5.41) is 14.6. The van der Waals surface area contributed by atoms with E-state index in [-0.39, 0.29) is 10.8 Å². The molecule has 144 valence electrons. The Morgan fingerprint density at radius 3 is 2.85 bits per heavy atom. The van der Waals surface area contributed by atoms with Gasteiger partial charge in [0.2, 0.25) is 11.3 Å². The standard InChI is InChI=1S/C22H28N2O3/c1-3-19-10-7-12-24-13-11-20(17(19)24)15-8-5-6-9-16(15)23-22(20,27-4-2)21(24,14-19)18(25)26/h5-6,8-9,17,23H,3-4,7,10-14H2,1-2H3/p+1/t17-,19-,20+,21+,22-,24?/m0/s1. The number of aliphatic carboxylic acids is 1. The van der Waals surface area contributed by atoms with Gasteiger partial charge in [-0.15, -0.1) is 0 Å². The van der Waals surface area contributed by atoms with Crippen LogP contribution in [0.4, 0.5) is 5.69 Å². The molecule has 4 saturated heterocycles. The number of carboxylic acids is 1. The van der Waals surface area contributed by atoms with Crippen LogP contribution in [-0.2, 0) is 14.9 Å². The summed E-state index contributed by atoms with van der Waals surface area (Å²) in [5.41, 5.74) is 0.576. The molecule has 0 aliphatic carbocycles. The van der Waals surface area contributed by atoms with Gasteiger partial charge in [0.15, 0.2) is 0 Å². The second-order valence-electron chi connectivity index (χ2n) is 9.55. The van der Waals surface area contributed by atoms with Gasteiger partial charge in [0, 0.05) is 30.6 Å². The number of fused-ring (bicyclic) bond motifs is 2. The third kappa shape index (κ3) is 1.24. The number of carboxylic acid groups (broad SMARTS) is 1. The molecule has 1 aromatic carbocycles. The molecule has 0 amide bonds. The number of hydrogen-bond donors (Lipinski definition) is 2. The number of benzene rings is 1. The topological polar surface area (TPSA) is 58.6 Å². The number of piperidine rings is 2. The molecule has 27 heavy (non-hydrogen) atoms. The zero-order valence-electron chi connectivity index (χ0n) is 16.3. The first-order chi connectivity index (χ1) is 13.0. The molecule has 6 atom stereocenters. The van der Waals surface area contributed by atoms with Crippen molar-refractivity contribution < 1.29 is 19.1 Å². The Hall–Kier alpha value is -1.59. The number of nitrogens with zero attached hydrogens (tertiary/aromatic N) is 1. The maximum Gasteiger partial charge on any atom is 0.371 e. The molecule has 0 radical (unpaired) electrons. The highest BCUT2D eigenvalue weighted by atomic mass is 16.5. The lowest BCUT2D eigenvalue weighted by molar-refractivity contribution is -0.966. The van der Waals surface area contributed by atoms with E-state index >= 15 is 0 Å². The van der Waals surface area contributed by atoms with Crippen molar-refractivity contribution in [3.63, 3.8) is 0 Å². The van der Waals surface area contributed by atoms with Crippen LogP contribution in [0, 0.1) is 5.41 Å². The van der Waals surface area contributed by atoms with Crippen LogP contribution in [0.2, 0.25) is 0 Å². The summed E-state index contributed by atoms with van der Waals surface area (Å²) in [6.07, 6.45) is 5.14. The fourth-order valence-corrected chi connectivity index (χ4v) is 9.10. The summed E-state index contributed by atoms with van der Waals surface area (Å²) in [4.78, 5) is 13.2. The van der Waals surface area contributed by atoms with Crippen molar-refractivity contribution >= 4 is 11.7 Å². The number of carbonyl (C=O) groups is 1. The quantitative estimate of drug-likeness (QED) is 0.801. The summed E-state index contributed by atoms with van der Waals surface area (Å²) in [5.74, 6) is -0.653. The van der Waals surface area contributed by atoms with Crippen molar-refractivity contribution in [3.8, 4) is 0 Å². The monoisotopic (exact) mass is 369 g/mol.